The minimum atomic E-state index is 0.0553. The normalized spacial score (nSPS) is 30.7. The summed E-state index contributed by atoms with van der Waals surface area (Å²) in [7, 11) is 0. The SMILES string of the molecule is Cc1ccc(CN2CC[C@@H]3[C@@H](CO[C@@H]3CC(=O)N3CCCO3)C2)o1. The van der Waals surface area contributed by atoms with Gasteiger partial charge in [-0.3, -0.25) is 14.5 Å². The van der Waals surface area contributed by atoms with Gasteiger partial charge in [0.2, 0.25) is 5.91 Å². The van der Waals surface area contributed by atoms with Crippen LogP contribution in [0.15, 0.2) is 16.5 Å². The zero-order valence-electron chi connectivity index (χ0n) is 14.3. The highest BCUT2D eigenvalue weighted by molar-refractivity contribution is 5.75. The van der Waals surface area contributed by atoms with Crippen molar-refractivity contribution >= 4 is 5.91 Å². The van der Waals surface area contributed by atoms with E-state index in [1.807, 2.05) is 13.0 Å². The summed E-state index contributed by atoms with van der Waals surface area (Å²) in [6.07, 6.45) is 2.53. The molecule has 0 spiro atoms. The van der Waals surface area contributed by atoms with E-state index in [-0.39, 0.29) is 12.0 Å². The van der Waals surface area contributed by atoms with Crippen LogP contribution in [0, 0.1) is 18.8 Å². The summed E-state index contributed by atoms with van der Waals surface area (Å²) in [6.45, 7) is 7.04. The minimum absolute atomic E-state index is 0.0553. The summed E-state index contributed by atoms with van der Waals surface area (Å²) in [6, 6.07) is 4.08. The Morgan fingerprint density at radius 2 is 2.25 bits per heavy atom. The first-order valence-electron chi connectivity index (χ1n) is 9.01. The Hall–Kier alpha value is -1.37. The fraction of sp³-hybridized carbons (Fsp3) is 0.722. The second-order valence-corrected chi connectivity index (χ2v) is 7.22. The van der Waals surface area contributed by atoms with Gasteiger partial charge in [0, 0.05) is 12.5 Å². The lowest BCUT2D eigenvalue weighted by molar-refractivity contribution is -0.171. The van der Waals surface area contributed by atoms with Gasteiger partial charge in [0.1, 0.15) is 11.5 Å². The molecular weight excluding hydrogens is 308 g/mol. The van der Waals surface area contributed by atoms with Gasteiger partial charge in [-0.1, -0.05) is 0 Å². The Kier molecular flexibility index (Phi) is 4.61. The summed E-state index contributed by atoms with van der Waals surface area (Å²) in [4.78, 5) is 20.1. The highest BCUT2D eigenvalue weighted by Crippen LogP contribution is 2.36. The second kappa shape index (κ2) is 6.86. The van der Waals surface area contributed by atoms with Gasteiger partial charge in [-0.15, -0.1) is 0 Å². The molecule has 3 aliphatic heterocycles. The Balaban J connectivity index is 1.30. The number of hydroxylamine groups is 2. The van der Waals surface area contributed by atoms with Crippen molar-refractivity contribution in [3.8, 4) is 0 Å². The highest BCUT2D eigenvalue weighted by atomic mass is 16.7. The van der Waals surface area contributed by atoms with E-state index in [1.165, 1.54) is 5.06 Å². The molecule has 0 N–H and O–H groups in total. The van der Waals surface area contributed by atoms with Gasteiger partial charge in [-0.2, -0.15) is 0 Å². The van der Waals surface area contributed by atoms with Crippen molar-refractivity contribution in [1.82, 2.24) is 9.96 Å². The van der Waals surface area contributed by atoms with Crippen LogP contribution in [0.5, 0.6) is 0 Å². The molecule has 4 rings (SSSR count). The summed E-state index contributed by atoms with van der Waals surface area (Å²) >= 11 is 0. The van der Waals surface area contributed by atoms with Crippen LogP contribution in [0.1, 0.15) is 30.8 Å². The summed E-state index contributed by atoms with van der Waals surface area (Å²) < 4.78 is 11.7. The number of amides is 1. The molecule has 6 nitrogen and oxygen atoms in total. The third kappa shape index (κ3) is 3.36. The molecule has 0 bridgehead atoms. The maximum Gasteiger partial charge on any atom is 0.248 e. The molecule has 3 aliphatic rings. The predicted molar refractivity (Wildman–Crippen MR) is 87.0 cm³/mol. The summed E-state index contributed by atoms with van der Waals surface area (Å²) in [5.41, 5.74) is 0. The van der Waals surface area contributed by atoms with Crippen molar-refractivity contribution in [3.63, 3.8) is 0 Å². The van der Waals surface area contributed by atoms with Gasteiger partial charge in [0.05, 0.1) is 38.8 Å². The zero-order valence-corrected chi connectivity index (χ0v) is 14.3. The number of rotatable bonds is 4. The quantitative estimate of drug-likeness (QED) is 0.843. The van der Waals surface area contributed by atoms with Gasteiger partial charge >= 0.3 is 0 Å². The van der Waals surface area contributed by atoms with Crippen LogP contribution in [-0.2, 0) is 20.9 Å². The van der Waals surface area contributed by atoms with E-state index in [0.717, 1.165) is 57.1 Å². The van der Waals surface area contributed by atoms with Crippen molar-refractivity contribution in [2.24, 2.45) is 11.8 Å². The number of carbonyl (C=O) groups is 1. The molecular formula is C18H26N2O4. The largest absolute Gasteiger partial charge is 0.465 e. The van der Waals surface area contributed by atoms with Crippen molar-refractivity contribution < 1.29 is 18.8 Å². The molecule has 24 heavy (non-hydrogen) atoms. The maximum atomic E-state index is 12.3. The molecule has 4 heterocycles. The van der Waals surface area contributed by atoms with E-state index < -0.39 is 0 Å². The molecule has 1 aromatic rings. The molecule has 0 aromatic carbocycles. The Morgan fingerprint density at radius 3 is 3.00 bits per heavy atom. The number of hydrogen-bond donors (Lipinski definition) is 0. The topological polar surface area (TPSA) is 55.2 Å². The van der Waals surface area contributed by atoms with E-state index in [2.05, 4.69) is 11.0 Å². The lowest BCUT2D eigenvalue weighted by atomic mass is 9.83. The molecule has 3 fully saturated rings. The van der Waals surface area contributed by atoms with Crippen LogP contribution in [0.25, 0.3) is 0 Å². The van der Waals surface area contributed by atoms with Gasteiger partial charge in [-0.05, 0) is 44.4 Å². The first kappa shape index (κ1) is 16.1. The number of ether oxygens (including phenoxy) is 1. The van der Waals surface area contributed by atoms with E-state index in [0.29, 0.717) is 24.9 Å². The third-order valence-corrected chi connectivity index (χ3v) is 5.46. The molecule has 3 atom stereocenters. The lowest BCUT2D eigenvalue weighted by Crippen LogP contribution is -2.42. The van der Waals surface area contributed by atoms with Crippen molar-refractivity contribution in [3.05, 3.63) is 23.7 Å². The molecule has 6 heteroatoms. The van der Waals surface area contributed by atoms with E-state index in [1.54, 1.807) is 0 Å². The molecule has 1 amide bonds. The molecule has 1 aromatic heterocycles. The number of fused-ring (bicyclic) bond motifs is 1. The maximum absolute atomic E-state index is 12.3. The molecule has 132 valence electrons. The number of nitrogens with zero attached hydrogens (tertiary/aromatic N) is 2. The minimum Gasteiger partial charge on any atom is -0.465 e. The van der Waals surface area contributed by atoms with Crippen LogP contribution in [0.4, 0.5) is 0 Å². The Labute approximate surface area is 142 Å². The molecule has 0 saturated carbocycles. The van der Waals surface area contributed by atoms with E-state index >= 15 is 0 Å². The number of likely N-dealkylation sites (tertiary alicyclic amines) is 1. The van der Waals surface area contributed by atoms with Gasteiger partial charge in [-0.25, -0.2) is 5.06 Å². The fourth-order valence-corrected chi connectivity index (χ4v) is 4.22. The summed E-state index contributed by atoms with van der Waals surface area (Å²) in [5, 5.41) is 1.52. The van der Waals surface area contributed by atoms with Gasteiger partial charge in [0.25, 0.3) is 0 Å². The second-order valence-electron chi connectivity index (χ2n) is 7.22. The zero-order chi connectivity index (χ0) is 16.5. The van der Waals surface area contributed by atoms with Crippen LogP contribution in [-0.4, -0.2) is 54.8 Å². The molecule has 0 aliphatic carbocycles. The molecule has 0 radical (unpaired) electrons. The highest BCUT2D eigenvalue weighted by Gasteiger charge is 2.42. The van der Waals surface area contributed by atoms with Crippen LogP contribution in [0.2, 0.25) is 0 Å². The van der Waals surface area contributed by atoms with Crippen LogP contribution >= 0.6 is 0 Å². The molecule has 0 unspecified atom stereocenters. The van der Waals surface area contributed by atoms with Crippen LogP contribution in [0.3, 0.4) is 0 Å². The standard InChI is InChI=1S/C18H26N2O4/c1-13-3-4-15(24-13)11-19-7-5-16-14(10-19)12-22-17(16)9-18(21)20-6-2-8-23-20/h3-4,14,16-17H,2,5-12H2,1H3/t14-,16-,17-/m1/s1. The smallest absolute Gasteiger partial charge is 0.248 e. The Morgan fingerprint density at radius 1 is 1.33 bits per heavy atom. The number of furan rings is 1. The van der Waals surface area contributed by atoms with E-state index in [4.69, 9.17) is 14.0 Å². The predicted octanol–water partition coefficient (Wildman–Crippen LogP) is 1.98. The van der Waals surface area contributed by atoms with Crippen molar-refractivity contribution in [2.75, 3.05) is 32.8 Å². The van der Waals surface area contributed by atoms with Gasteiger partial charge in [0.15, 0.2) is 0 Å². The average Bonchev–Trinajstić information content (AvgIpc) is 3.29. The summed E-state index contributed by atoms with van der Waals surface area (Å²) in [5.74, 6) is 3.08. The third-order valence-electron chi connectivity index (χ3n) is 5.46. The first-order valence-corrected chi connectivity index (χ1v) is 9.01. The van der Waals surface area contributed by atoms with Crippen molar-refractivity contribution in [2.45, 2.75) is 38.8 Å². The van der Waals surface area contributed by atoms with E-state index in [9.17, 15) is 4.79 Å². The molecule has 3 saturated heterocycles. The number of piperidine rings is 1. The number of hydrogen-bond acceptors (Lipinski definition) is 5. The van der Waals surface area contributed by atoms with Crippen molar-refractivity contribution in [1.29, 1.82) is 0 Å². The number of carbonyl (C=O) groups excluding carboxylic acids is 1. The van der Waals surface area contributed by atoms with Crippen LogP contribution < -0.4 is 0 Å². The lowest BCUT2D eigenvalue weighted by Gasteiger charge is -2.35. The monoisotopic (exact) mass is 334 g/mol. The fourth-order valence-electron chi connectivity index (χ4n) is 4.22. The Bertz CT molecular complexity index is 581. The first-order chi connectivity index (χ1) is 11.7. The number of aryl methyl sites for hydroxylation is 1. The van der Waals surface area contributed by atoms with Gasteiger partial charge < -0.3 is 9.15 Å². The average molecular weight is 334 g/mol.